The lowest BCUT2D eigenvalue weighted by molar-refractivity contribution is -0.244. The van der Waals surface area contributed by atoms with Gasteiger partial charge in [-0.3, -0.25) is 4.79 Å². The summed E-state index contributed by atoms with van der Waals surface area (Å²) in [5.74, 6) is -1.39. The van der Waals surface area contributed by atoms with Crippen LogP contribution in [0, 0.1) is 0 Å². The van der Waals surface area contributed by atoms with E-state index in [0.717, 1.165) is 0 Å². The van der Waals surface area contributed by atoms with Crippen molar-refractivity contribution < 1.29 is 26.7 Å². The molecule has 0 bridgehead atoms. The van der Waals surface area contributed by atoms with Crippen molar-refractivity contribution in [2.75, 3.05) is 0 Å². The van der Waals surface area contributed by atoms with Crippen LogP contribution in [0.1, 0.15) is 21.5 Å². The number of Topliss-reactive ketones (excluding diaryl/α,β-unsaturated/α-hetero) is 1. The zero-order valence-electron chi connectivity index (χ0n) is 18.7. The van der Waals surface area contributed by atoms with Gasteiger partial charge in [0.05, 0.1) is 14.7 Å². The summed E-state index contributed by atoms with van der Waals surface area (Å²) >= 11 is 11.9. The van der Waals surface area contributed by atoms with Gasteiger partial charge in [-0.1, -0.05) is 71.4 Å². The van der Waals surface area contributed by atoms with Crippen molar-refractivity contribution in [1.29, 1.82) is 0 Å². The van der Waals surface area contributed by atoms with Gasteiger partial charge in [0.1, 0.15) is 4.91 Å². The summed E-state index contributed by atoms with van der Waals surface area (Å²) < 4.78 is 51.9. The summed E-state index contributed by atoms with van der Waals surface area (Å²) in [6.45, 7) is 0. The van der Waals surface area contributed by atoms with Gasteiger partial charge in [0.25, 0.3) is 0 Å². The van der Waals surface area contributed by atoms with E-state index in [1.807, 2.05) is 0 Å². The predicted molar refractivity (Wildman–Crippen MR) is 140 cm³/mol. The Kier molecular flexibility index (Phi) is 6.24. The average molecular weight is 570 g/mol. The second-order valence-corrected chi connectivity index (χ2v) is 12.8. The van der Waals surface area contributed by atoms with E-state index in [1.165, 1.54) is 60.7 Å². The number of sulfone groups is 2. The van der Waals surface area contributed by atoms with Crippen LogP contribution in [0.25, 0.3) is 11.3 Å². The normalized spacial score (nSPS) is 19.0. The fraction of sp³-hybridized carbons (Fsp3) is 0. The van der Waals surface area contributed by atoms with E-state index in [2.05, 4.69) is 0 Å². The Hall–Kier alpha value is -3.43. The van der Waals surface area contributed by atoms with Gasteiger partial charge in [-0.25, -0.2) is 16.8 Å². The number of benzene rings is 3. The second-order valence-electron chi connectivity index (χ2n) is 8.16. The highest BCUT2D eigenvalue weighted by molar-refractivity contribution is 7.97. The average Bonchev–Trinajstić information content (AvgIpc) is 3.16. The van der Waals surface area contributed by atoms with Gasteiger partial charge in [0.15, 0.2) is 0 Å². The Bertz CT molecular complexity index is 1830. The number of carbonyl (C=O) groups is 1. The van der Waals surface area contributed by atoms with Crippen molar-refractivity contribution in [2.24, 2.45) is 0 Å². The minimum absolute atomic E-state index is 0.0152. The van der Waals surface area contributed by atoms with Crippen LogP contribution in [0.2, 0.25) is 10.0 Å². The Morgan fingerprint density at radius 1 is 0.784 bits per heavy atom. The molecule has 0 N–H and O–H groups in total. The maximum atomic E-state index is 13.0. The van der Waals surface area contributed by atoms with E-state index in [-0.39, 0.29) is 31.0 Å². The van der Waals surface area contributed by atoms with Crippen molar-refractivity contribution in [2.45, 2.75) is 9.79 Å². The molecule has 186 valence electrons. The number of hydrogen-bond acceptors (Lipinski definition) is 6. The second kappa shape index (κ2) is 9.15. The van der Waals surface area contributed by atoms with Gasteiger partial charge in [0.2, 0.25) is 25.5 Å². The first-order chi connectivity index (χ1) is 17.5. The smallest absolute Gasteiger partial charge is 0.211 e. The van der Waals surface area contributed by atoms with Crippen molar-refractivity contribution >= 4 is 60.0 Å². The van der Waals surface area contributed by atoms with Crippen LogP contribution in [0.3, 0.4) is 0 Å². The first kappa shape index (κ1) is 25.2. The number of carbonyl (C=O) groups excluding carboxylic acids is 1. The largest absolute Gasteiger partial charge is 0.871 e. The fourth-order valence-corrected chi connectivity index (χ4v) is 7.51. The molecular weight excluding hydrogens is 555 g/mol. The summed E-state index contributed by atoms with van der Waals surface area (Å²) in [5, 5.41) is 13.3. The third-order valence-corrected chi connectivity index (χ3v) is 10.1. The number of ketones is 1. The Morgan fingerprint density at radius 2 is 1.38 bits per heavy atom. The van der Waals surface area contributed by atoms with Gasteiger partial charge in [-0.2, -0.15) is 0 Å². The highest BCUT2D eigenvalue weighted by Crippen LogP contribution is 2.39. The van der Waals surface area contributed by atoms with E-state index in [0.29, 0.717) is 11.1 Å². The van der Waals surface area contributed by atoms with Crippen LogP contribution in [0.5, 0.6) is 0 Å². The summed E-state index contributed by atoms with van der Waals surface area (Å²) in [7, 11) is -8.14. The van der Waals surface area contributed by atoms with Crippen molar-refractivity contribution in [3.05, 3.63) is 128 Å². The van der Waals surface area contributed by atoms with E-state index < -0.39 is 41.0 Å². The Labute approximate surface area is 223 Å². The molecule has 6 nitrogen and oxygen atoms in total. The molecule has 0 amide bonds. The van der Waals surface area contributed by atoms with Gasteiger partial charge < -0.3 is 5.11 Å². The van der Waals surface area contributed by atoms with Gasteiger partial charge in [-0.15, -0.1) is 0 Å². The molecule has 3 aromatic carbocycles. The minimum atomic E-state index is -4.07. The zero-order valence-corrected chi connectivity index (χ0v) is 21.8. The van der Waals surface area contributed by atoms with E-state index in [9.17, 15) is 26.7 Å². The maximum Gasteiger partial charge on any atom is 0.211 e. The molecule has 2 aliphatic heterocycles. The molecule has 10 heteroatoms. The molecule has 0 fully saturated rings. The molecule has 0 saturated carbocycles. The summed E-state index contributed by atoms with van der Waals surface area (Å²) in [6, 6.07) is 16.6. The summed E-state index contributed by atoms with van der Waals surface area (Å²) in [5.41, 5.74) is 0.940. The fourth-order valence-electron chi connectivity index (χ4n) is 4.11. The molecule has 2 heterocycles. The molecule has 0 saturated heterocycles. The lowest BCUT2D eigenvalue weighted by Crippen LogP contribution is -2.03. The van der Waals surface area contributed by atoms with Gasteiger partial charge in [0, 0.05) is 15.6 Å². The van der Waals surface area contributed by atoms with Crippen LogP contribution in [-0.4, -0.2) is 22.6 Å². The number of halogens is 2. The molecule has 0 radical (unpaired) electrons. The predicted octanol–water partition coefficient (Wildman–Crippen LogP) is 5.00. The molecule has 0 atom stereocenters. The molecule has 0 aliphatic carbocycles. The summed E-state index contributed by atoms with van der Waals surface area (Å²) in [6.07, 6.45) is 5.12. The molecular formula is C27H15Cl2O6S2-. The maximum absolute atomic E-state index is 13.0. The Balaban J connectivity index is 1.61. The van der Waals surface area contributed by atoms with Crippen LogP contribution in [0.15, 0.2) is 111 Å². The molecule has 0 aromatic heterocycles. The topological polar surface area (TPSA) is 108 Å². The van der Waals surface area contributed by atoms with Crippen molar-refractivity contribution in [3.63, 3.8) is 0 Å². The van der Waals surface area contributed by atoms with E-state index in [4.69, 9.17) is 23.2 Å². The molecule has 5 rings (SSSR count). The molecule has 0 spiro atoms. The molecule has 3 aromatic rings. The number of rotatable bonds is 4. The lowest BCUT2D eigenvalue weighted by atomic mass is 10.0. The molecule has 37 heavy (non-hydrogen) atoms. The van der Waals surface area contributed by atoms with Crippen molar-refractivity contribution in [3.8, 4) is 0 Å². The third kappa shape index (κ3) is 4.26. The third-order valence-electron chi connectivity index (χ3n) is 5.91. The first-order valence-electron chi connectivity index (χ1n) is 10.7. The van der Waals surface area contributed by atoms with E-state index >= 15 is 0 Å². The van der Waals surface area contributed by atoms with Crippen LogP contribution in [0.4, 0.5) is 0 Å². The monoisotopic (exact) mass is 569 g/mol. The van der Waals surface area contributed by atoms with Crippen LogP contribution >= 0.6 is 23.2 Å². The quantitative estimate of drug-likeness (QED) is 0.323. The van der Waals surface area contributed by atoms with Crippen molar-refractivity contribution in [1.82, 2.24) is 0 Å². The SMILES string of the molecule is O=C1C(=CC=C(C=CC2=C([O-])c3cc(Cl)ccc3S2(=O)=O)c2ccccc2)S(=O)(=O)c2ccc(Cl)cc21. The standard InChI is InChI=1S/C27H16Cl2O6S2/c28-18-8-12-22-20(14-18)26(30)24(36(22,32)33)10-6-17(16-4-2-1-3-5-16)7-11-25-27(31)21-15-19(29)9-13-23(21)37(25,34)35/h1-15,30H/p-1. The van der Waals surface area contributed by atoms with Crippen LogP contribution in [-0.2, 0) is 19.7 Å². The Morgan fingerprint density at radius 3 is 2.03 bits per heavy atom. The summed E-state index contributed by atoms with van der Waals surface area (Å²) in [4.78, 5) is 11.7. The van der Waals surface area contributed by atoms with Crippen LogP contribution < -0.4 is 5.11 Å². The number of hydrogen-bond donors (Lipinski definition) is 0. The van der Waals surface area contributed by atoms with Gasteiger partial charge >= 0.3 is 0 Å². The first-order valence-corrected chi connectivity index (χ1v) is 14.4. The number of allylic oxidation sites excluding steroid dienone is 6. The lowest BCUT2D eigenvalue weighted by Gasteiger charge is -2.09. The molecule has 2 aliphatic rings. The molecule has 0 unspecified atom stereocenters. The number of fused-ring (bicyclic) bond motifs is 2. The highest BCUT2D eigenvalue weighted by Gasteiger charge is 2.39. The van der Waals surface area contributed by atoms with E-state index in [1.54, 1.807) is 30.3 Å². The zero-order chi connectivity index (χ0) is 26.5. The minimum Gasteiger partial charge on any atom is -0.871 e. The van der Waals surface area contributed by atoms with Gasteiger partial charge in [-0.05, 0) is 65.3 Å². The highest BCUT2D eigenvalue weighted by atomic mass is 35.5.